The molecule has 1 aliphatic rings. The quantitative estimate of drug-likeness (QED) is 0.129. The summed E-state index contributed by atoms with van der Waals surface area (Å²) in [5.41, 5.74) is 18.1. The lowest BCUT2D eigenvalue weighted by atomic mass is 9.67. The van der Waals surface area contributed by atoms with Gasteiger partial charge in [0.1, 0.15) is 0 Å². The van der Waals surface area contributed by atoms with Gasteiger partial charge in [0, 0.05) is 27.8 Å². The summed E-state index contributed by atoms with van der Waals surface area (Å²) in [6, 6.07) is 72.8. The van der Waals surface area contributed by atoms with Gasteiger partial charge in [0.05, 0.1) is 28.2 Å². The summed E-state index contributed by atoms with van der Waals surface area (Å²) < 4.78 is 0. The van der Waals surface area contributed by atoms with E-state index in [1.165, 1.54) is 33.4 Å². The van der Waals surface area contributed by atoms with Gasteiger partial charge in [-0.1, -0.05) is 206 Å². The van der Waals surface area contributed by atoms with E-state index < -0.39 is 5.41 Å². The second-order valence-corrected chi connectivity index (χ2v) is 15.7. The fourth-order valence-corrected chi connectivity index (χ4v) is 9.06. The molecule has 0 unspecified atom stereocenters. The van der Waals surface area contributed by atoms with Crippen LogP contribution in [0, 0.1) is 0 Å². The Balaban J connectivity index is 1.02. The van der Waals surface area contributed by atoms with Gasteiger partial charge in [0.2, 0.25) is 0 Å². The number of benzene rings is 7. The van der Waals surface area contributed by atoms with Crippen molar-refractivity contribution in [1.82, 2.24) is 15.0 Å². The lowest BCUT2D eigenvalue weighted by Crippen LogP contribution is -2.28. The summed E-state index contributed by atoms with van der Waals surface area (Å²) in [5, 5.41) is 0. The van der Waals surface area contributed by atoms with Crippen LogP contribution in [-0.4, -0.2) is 15.0 Å². The van der Waals surface area contributed by atoms with Crippen molar-refractivity contribution >= 4 is 0 Å². The van der Waals surface area contributed by atoms with Crippen LogP contribution in [0.5, 0.6) is 0 Å². The van der Waals surface area contributed by atoms with Crippen LogP contribution in [0.4, 0.5) is 0 Å². The molecule has 7 aromatic carbocycles. The molecule has 2 heterocycles. The highest BCUT2D eigenvalue weighted by molar-refractivity contribution is 5.87. The Morgan fingerprint density at radius 3 is 1.47 bits per heavy atom. The number of aromatic nitrogens is 3. The smallest absolute Gasteiger partial charge is 0.160 e. The molecule has 294 valence electrons. The van der Waals surface area contributed by atoms with Crippen LogP contribution in [0.2, 0.25) is 0 Å². The first-order valence-electron chi connectivity index (χ1n) is 21.1. The van der Waals surface area contributed by atoms with E-state index in [0.717, 1.165) is 61.7 Å². The van der Waals surface area contributed by atoms with Crippen LogP contribution < -0.4 is 0 Å². The number of fused-ring (bicyclic) bond motifs is 3. The van der Waals surface area contributed by atoms with Gasteiger partial charge in [-0.15, -0.1) is 0 Å². The number of hydrogen-bond acceptors (Lipinski definition) is 3. The molecular weight excluding hydrogens is 751 g/mol. The molecule has 62 heavy (non-hydrogen) atoms. The Labute approximate surface area is 363 Å². The zero-order valence-electron chi connectivity index (χ0n) is 34.5. The van der Waals surface area contributed by atoms with Gasteiger partial charge in [0.25, 0.3) is 0 Å². The highest BCUT2D eigenvalue weighted by Crippen LogP contribution is 2.56. The third-order valence-electron chi connectivity index (χ3n) is 12.0. The highest BCUT2D eigenvalue weighted by Gasteiger charge is 2.45. The Kier molecular flexibility index (Phi) is 10.2. The number of pyridine rings is 1. The molecule has 0 atom stereocenters. The molecule has 0 saturated heterocycles. The molecule has 0 saturated carbocycles. The van der Waals surface area contributed by atoms with Crippen molar-refractivity contribution in [3.63, 3.8) is 0 Å². The molecule has 10 rings (SSSR count). The second-order valence-electron chi connectivity index (χ2n) is 15.7. The van der Waals surface area contributed by atoms with E-state index in [9.17, 15) is 0 Å². The van der Waals surface area contributed by atoms with Crippen molar-refractivity contribution in [2.45, 2.75) is 12.3 Å². The van der Waals surface area contributed by atoms with Crippen LogP contribution in [0.25, 0.3) is 78.7 Å². The first kappa shape index (κ1) is 38.2. The lowest BCUT2D eigenvalue weighted by Gasteiger charge is -2.34. The van der Waals surface area contributed by atoms with Crippen molar-refractivity contribution in [1.29, 1.82) is 0 Å². The molecule has 3 heteroatoms. The van der Waals surface area contributed by atoms with E-state index in [2.05, 4.69) is 196 Å². The molecule has 0 radical (unpaired) electrons. The van der Waals surface area contributed by atoms with E-state index >= 15 is 0 Å². The molecule has 0 N–H and O–H groups in total. The van der Waals surface area contributed by atoms with Crippen molar-refractivity contribution < 1.29 is 0 Å². The molecule has 0 aliphatic heterocycles. The highest BCUT2D eigenvalue weighted by atomic mass is 14.9. The van der Waals surface area contributed by atoms with Gasteiger partial charge in [-0.25, -0.2) is 15.0 Å². The summed E-state index contributed by atoms with van der Waals surface area (Å²) in [4.78, 5) is 15.4. The topological polar surface area (TPSA) is 38.7 Å². The van der Waals surface area contributed by atoms with Crippen LogP contribution >= 0.6 is 0 Å². The normalized spacial score (nSPS) is 12.8. The van der Waals surface area contributed by atoms with Gasteiger partial charge in [0.15, 0.2) is 5.82 Å². The third-order valence-corrected chi connectivity index (χ3v) is 12.0. The average molecular weight is 794 g/mol. The maximum absolute atomic E-state index is 5.25. The van der Waals surface area contributed by atoms with E-state index in [0.29, 0.717) is 5.82 Å². The largest absolute Gasteiger partial charge is 0.248 e. The third kappa shape index (κ3) is 7.00. The van der Waals surface area contributed by atoms with Gasteiger partial charge in [-0.2, -0.15) is 0 Å². The Hall–Kier alpha value is -8.01. The van der Waals surface area contributed by atoms with E-state index in [4.69, 9.17) is 15.0 Å². The minimum atomic E-state index is -0.465. The molecule has 0 bridgehead atoms. The van der Waals surface area contributed by atoms with E-state index in [1.807, 2.05) is 48.6 Å². The van der Waals surface area contributed by atoms with Crippen molar-refractivity contribution in [3.8, 4) is 78.7 Å². The van der Waals surface area contributed by atoms with Gasteiger partial charge in [-0.05, 0) is 82.3 Å². The maximum atomic E-state index is 5.25. The molecule has 1 aliphatic carbocycles. The molecule has 0 amide bonds. The SMILES string of the molecule is C=C/C=C\C=C(/C)C1(c2cccc(-c3cccc(-c4cccc(-c5cccc(-c6nc(-c7ccccc7)cc(-c7ccccc7)n6)c5)n4)c3)c2)c2ccccc2-c2ccccc21. The summed E-state index contributed by atoms with van der Waals surface area (Å²) >= 11 is 0. The minimum absolute atomic E-state index is 0.465. The zero-order valence-corrected chi connectivity index (χ0v) is 34.5. The molecule has 9 aromatic rings. The summed E-state index contributed by atoms with van der Waals surface area (Å²) in [6.07, 6.45) is 8.15. The Bertz CT molecular complexity index is 3060. The van der Waals surface area contributed by atoms with Crippen molar-refractivity contribution in [2.24, 2.45) is 0 Å². The number of hydrogen-bond donors (Lipinski definition) is 0. The van der Waals surface area contributed by atoms with E-state index in [-0.39, 0.29) is 0 Å². The van der Waals surface area contributed by atoms with E-state index in [1.54, 1.807) is 0 Å². The maximum Gasteiger partial charge on any atom is 0.160 e. The molecule has 0 fully saturated rings. The fraction of sp³-hybridized carbons (Fsp3) is 0.0339. The second kappa shape index (κ2) is 16.6. The van der Waals surface area contributed by atoms with Crippen LogP contribution in [0.15, 0.2) is 243 Å². The summed E-state index contributed by atoms with van der Waals surface area (Å²) in [7, 11) is 0. The Morgan fingerprint density at radius 1 is 0.403 bits per heavy atom. The average Bonchev–Trinajstić information content (AvgIpc) is 3.66. The summed E-state index contributed by atoms with van der Waals surface area (Å²) in [6.45, 7) is 6.16. The fourth-order valence-electron chi connectivity index (χ4n) is 9.06. The standard InChI is InChI=1S/C59H43N3/c1-3-4-7-20-41(2)59(52-33-14-12-31-50(52)51-32-13-15-34-53(51)59)49-30-18-26-45(39-49)44-25-16-27-46(37-44)54-35-19-36-55(60-54)47-28-17-29-48(38-47)58-61-56(42-21-8-5-9-22-42)40-57(62-58)43-23-10-6-11-24-43/h3-40H,1H2,2H3/b7-4-,41-20+. The Morgan fingerprint density at radius 2 is 0.871 bits per heavy atom. The molecule has 2 aromatic heterocycles. The zero-order chi connectivity index (χ0) is 41.9. The predicted octanol–water partition coefficient (Wildman–Crippen LogP) is 14.9. The van der Waals surface area contributed by atoms with Crippen LogP contribution in [0.3, 0.4) is 0 Å². The number of rotatable bonds is 10. The monoisotopic (exact) mass is 793 g/mol. The van der Waals surface area contributed by atoms with Gasteiger partial charge >= 0.3 is 0 Å². The summed E-state index contributed by atoms with van der Waals surface area (Å²) in [5.74, 6) is 0.670. The molecule has 0 spiro atoms. The van der Waals surface area contributed by atoms with Crippen molar-refractivity contribution in [2.75, 3.05) is 0 Å². The number of allylic oxidation sites excluding steroid dienone is 5. The van der Waals surface area contributed by atoms with Crippen LogP contribution in [0.1, 0.15) is 23.6 Å². The lowest BCUT2D eigenvalue weighted by molar-refractivity contribution is 0.747. The first-order valence-corrected chi connectivity index (χ1v) is 21.1. The minimum Gasteiger partial charge on any atom is -0.248 e. The van der Waals surface area contributed by atoms with Gasteiger partial charge < -0.3 is 0 Å². The first-order chi connectivity index (χ1) is 30.6. The molecule has 3 nitrogen and oxygen atoms in total. The van der Waals surface area contributed by atoms with Crippen LogP contribution in [-0.2, 0) is 5.41 Å². The number of nitrogens with zero attached hydrogens (tertiary/aromatic N) is 3. The van der Waals surface area contributed by atoms with Gasteiger partial charge in [-0.3, -0.25) is 0 Å². The van der Waals surface area contributed by atoms with Crippen molar-refractivity contribution in [3.05, 3.63) is 259 Å². The molecular formula is C59H43N3. The predicted molar refractivity (Wildman–Crippen MR) is 257 cm³/mol.